The summed E-state index contributed by atoms with van der Waals surface area (Å²) in [5, 5.41) is 51.2. The van der Waals surface area contributed by atoms with E-state index in [-0.39, 0.29) is 16.0 Å². The van der Waals surface area contributed by atoms with Crippen molar-refractivity contribution in [1.29, 1.82) is 0 Å². The number of aromatic nitrogens is 4. The molecule has 3 aromatic rings. The molecule has 0 unspecified atom stereocenters. The predicted molar refractivity (Wildman–Crippen MR) is 103 cm³/mol. The van der Waals surface area contributed by atoms with Gasteiger partial charge >= 0.3 is 5.69 Å². The molecule has 0 spiro atoms. The first kappa shape index (κ1) is 19.5. The molecule has 3 rings (SSSR count). The SMILES string of the molecule is Cc1c(C)c(C)[n+]([O-])c(Br)c1-c1nnc(-c2cc(O)c(O)c([N+](=O)[O-])c2)n1C. The van der Waals surface area contributed by atoms with Crippen molar-refractivity contribution in [3.05, 3.63) is 48.9 Å². The molecule has 146 valence electrons. The van der Waals surface area contributed by atoms with Crippen molar-refractivity contribution in [2.75, 3.05) is 0 Å². The van der Waals surface area contributed by atoms with Gasteiger partial charge in [0.15, 0.2) is 23.1 Å². The van der Waals surface area contributed by atoms with Crippen LogP contribution in [-0.2, 0) is 7.05 Å². The first-order valence-electron chi connectivity index (χ1n) is 8.05. The van der Waals surface area contributed by atoms with Gasteiger partial charge in [0.05, 0.1) is 4.92 Å². The van der Waals surface area contributed by atoms with Crippen LogP contribution in [0, 0.1) is 36.1 Å². The van der Waals surface area contributed by atoms with Crippen LogP contribution in [0.4, 0.5) is 5.69 Å². The number of benzene rings is 1. The molecule has 0 fully saturated rings. The van der Waals surface area contributed by atoms with Crippen molar-refractivity contribution in [2.45, 2.75) is 20.8 Å². The summed E-state index contributed by atoms with van der Waals surface area (Å²) in [5.41, 5.74) is 2.26. The minimum atomic E-state index is -0.823. The number of pyridine rings is 1. The Labute approximate surface area is 167 Å². The molecule has 0 aliphatic heterocycles. The van der Waals surface area contributed by atoms with Gasteiger partial charge in [-0.15, -0.1) is 10.2 Å². The predicted octanol–water partition coefficient (Wildman–Crippen LogP) is 2.79. The van der Waals surface area contributed by atoms with Crippen molar-refractivity contribution in [2.24, 2.45) is 7.05 Å². The largest absolute Gasteiger partial charge is 0.618 e. The fraction of sp³-hybridized carbons (Fsp3) is 0.235. The lowest BCUT2D eigenvalue weighted by atomic mass is 10.0. The summed E-state index contributed by atoms with van der Waals surface area (Å²) in [6, 6.07) is 2.26. The summed E-state index contributed by atoms with van der Waals surface area (Å²) in [6.07, 6.45) is 0. The highest BCUT2D eigenvalue weighted by atomic mass is 79.9. The molecule has 1 aromatic carbocycles. The zero-order valence-corrected chi connectivity index (χ0v) is 17.0. The number of hydrogen-bond donors (Lipinski definition) is 2. The minimum absolute atomic E-state index is 0.191. The second-order valence-electron chi connectivity index (χ2n) is 6.32. The number of halogens is 1. The summed E-state index contributed by atoms with van der Waals surface area (Å²) >= 11 is 3.31. The summed E-state index contributed by atoms with van der Waals surface area (Å²) in [6.45, 7) is 5.39. The fourth-order valence-electron chi connectivity index (χ4n) is 2.95. The van der Waals surface area contributed by atoms with E-state index >= 15 is 0 Å². The molecule has 2 aromatic heterocycles. The van der Waals surface area contributed by atoms with Gasteiger partial charge in [0.25, 0.3) is 4.60 Å². The highest BCUT2D eigenvalue weighted by Crippen LogP contribution is 2.40. The number of nitro benzene ring substituents is 1. The highest BCUT2D eigenvalue weighted by molar-refractivity contribution is 9.10. The molecule has 2 N–H and O–H groups in total. The zero-order valence-electron chi connectivity index (χ0n) is 15.4. The van der Waals surface area contributed by atoms with E-state index in [2.05, 4.69) is 26.1 Å². The van der Waals surface area contributed by atoms with Gasteiger partial charge in [0.1, 0.15) is 5.56 Å². The molecule has 0 saturated heterocycles. The smallest absolute Gasteiger partial charge is 0.315 e. The average Bonchev–Trinajstić information content (AvgIpc) is 3.02. The summed E-state index contributed by atoms with van der Waals surface area (Å²) in [7, 11) is 1.64. The Morgan fingerprint density at radius 2 is 1.75 bits per heavy atom. The van der Waals surface area contributed by atoms with Crippen molar-refractivity contribution in [3.8, 4) is 34.3 Å². The highest BCUT2D eigenvalue weighted by Gasteiger charge is 2.27. The average molecular weight is 450 g/mol. The third-order valence-corrected chi connectivity index (χ3v) is 5.51. The van der Waals surface area contributed by atoms with Crippen molar-refractivity contribution in [1.82, 2.24) is 14.8 Å². The van der Waals surface area contributed by atoms with E-state index < -0.39 is 22.1 Å². The molecule has 28 heavy (non-hydrogen) atoms. The van der Waals surface area contributed by atoms with E-state index in [0.29, 0.717) is 17.1 Å². The molecule has 0 bridgehead atoms. The van der Waals surface area contributed by atoms with E-state index in [1.165, 1.54) is 0 Å². The van der Waals surface area contributed by atoms with Crippen LogP contribution in [-0.4, -0.2) is 29.9 Å². The lowest BCUT2D eigenvalue weighted by molar-refractivity contribution is -0.623. The molecule has 0 aliphatic carbocycles. The Bertz CT molecular complexity index is 1110. The van der Waals surface area contributed by atoms with Crippen LogP contribution in [0.15, 0.2) is 16.7 Å². The third kappa shape index (κ3) is 2.83. The van der Waals surface area contributed by atoms with Crippen LogP contribution < -0.4 is 4.73 Å². The quantitative estimate of drug-likeness (QED) is 0.156. The van der Waals surface area contributed by atoms with Gasteiger partial charge in [-0.05, 0) is 25.5 Å². The van der Waals surface area contributed by atoms with Gasteiger partial charge in [0, 0.05) is 47.1 Å². The Kier molecular flexibility index (Phi) is 4.71. The van der Waals surface area contributed by atoms with Crippen LogP contribution in [0.25, 0.3) is 22.8 Å². The van der Waals surface area contributed by atoms with Gasteiger partial charge in [0.2, 0.25) is 5.75 Å². The fourth-order valence-corrected chi connectivity index (χ4v) is 3.69. The third-order valence-electron chi connectivity index (χ3n) is 4.79. The molecule has 2 heterocycles. The lowest BCUT2D eigenvalue weighted by Crippen LogP contribution is -2.34. The lowest BCUT2D eigenvalue weighted by Gasteiger charge is -2.14. The summed E-state index contributed by atoms with van der Waals surface area (Å²) in [4.78, 5) is 10.3. The van der Waals surface area contributed by atoms with E-state index in [1.807, 2.05) is 13.8 Å². The summed E-state index contributed by atoms with van der Waals surface area (Å²) < 4.78 is 2.58. The Morgan fingerprint density at radius 1 is 1.14 bits per heavy atom. The number of phenols is 2. The van der Waals surface area contributed by atoms with Crippen molar-refractivity contribution < 1.29 is 19.9 Å². The second kappa shape index (κ2) is 6.75. The normalized spacial score (nSPS) is 11.0. The standard InChI is InChI=1S/C17H16BrN5O5/c1-7-8(2)13(15(18)22(26)9(7)3)17-20-19-16(21(17)4)10-5-11(23(27)28)14(25)12(24)6-10/h5-6,24-25H,1-4H3. The van der Waals surface area contributed by atoms with E-state index in [1.54, 1.807) is 18.5 Å². The molecular formula is C17H16BrN5O5. The van der Waals surface area contributed by atoms with Crippen LogP contribution in [0.5, 0.6) is 11.5 Å². The molecule has 0 aliphatic rings. The number of hydrogen-bond acceptors (Lipinski definition) is 7. The molecule has 0 saturated carbocycles. The van der Waals surface area contributed by atoms with Crippen LogP contribution in [0.1, 0.15) is 16.8 Å². The molecule has 11 heteroatoms. The zero-order chi connectivity index (χ0) is 20.9. The Morgan fingerprint density at radius 3 is 2.36 bits per heavy atom. The van der Waals surface area contributed by atoms with Gasteiger partial charge in [-0.1, -0.05) is 0 Å². The molecule has 0 atom stereocenters. The van der Waals surface area contributed by atoms with Crippen LogP contribution >= 0.6 is 15.9 Å². The van der Waals surface area contributed by atoms with Crippen LogP contribution in [0.3, 0.4) is 0 Å². The van der Waals surface area contributed by atoms with Crippen molar-refractivity contribution >= 4 is 21.6 Å². The van der Waals surface area contributed by atoms with E-state index in [4.69, 9.17) is 0 Å². The van der Waals surface area contributed by atoms with E-state index in [9.17, 15) is 25.5 Å². The minimum Gasteiger partial charge on any atom is -0.618 e. The molecular weight excluding hydrogens is 434 g/mol. The first-order valence-corrected chi connectivity index (χ1v) is 8.84. The monoisotopic (exact) mass is 449 g/mol. The van der Waals surface area contributed by atoms with Gasteiger partial charge in [-0.3, -0.25) is 10.1 Å². The molecule has 0 radical (unpaired) electrons. The van der Waals surface area contributed by atoms with Crippen molar-refractivity contribution in [3.63, 3.8) is 0 Å². The topological polar surface area (TPSA) is 141 Å². The maximum absolute atomic E-state index is 12.4. The van der Waals surface area contributed by atoms with Gasteiger partial charge in [-0.25, -0.2) is 0 Å². The molecule has 10 nitrogen and oxygen atoms in total. The Hall–Kier alpha value is -3.21. The number of rotatable bonds is 3. The maximum atomic E-state index is 12.4. The number of nitro groups is 1. The van der Waals surface area contributed by atoms with Gasteiger partial charge in [-0.2, -0.15) is 4.73 Å². The first-order chi connectivity index (χ1) is 13.1. The second-order valence-corrected chi connectivity index (χ2v) is 7.07. The van der Waals surface area contributed by atoms with Crippen LogP contribution in [0.2, 0.25) is 0 Å². The Balaban J connectivity index is 2.25. The maximum Gasteiger partial charge on any atom is 0.315 e. The molecule has 0 amide bonds. The number of phenolic OH excluding ortho intramolecular Hbond substituents is 2. The van der Waals surface area contributed by atoms with E-state index in [0.717, 1.165) is 28.0 Å². The summed E-state index contributed by atoms with van der Waals surface area (Å²) in [5.74, 6) is -0.886. The van der Waals surface area contributed by atoms with Gasteiger partial charge < -0.3 is 20.0 Å². The number of nitrogens with zero attached hydrogens (tertiary/aromatic N) is 5. The number of aromatic hydroxyl groups is 2.